The van der Waals surface area contributed by atoms with Gasteiger partial charge in [-0.25, -0.2) is 4.98 Å². The summed E-state index contributed by atoms with van der Waals surface area (Å²) in [5, 5.41) is 6.78. The van der Waals surface area contributed by atoms with Crippen molar-refractivity contribution in [2.45, 2.75) is 38.0 Å². The van der Waals surface area contributed by atoms with Crippen molar-refractivity contribution in [3.8, 4) is 0 Å². The van der Waals surface area contributed by atoms with Gasteiger partial charge in [0.25, 0.3) is 0 Å². The number of hydrogen-bond donors (Lipinski definition) is 2. The van der Waals surface area contributed by atoms with Crippen LogP contribution < -0.4 is 10.6 Å². The van der Waals surface area contributed by atoms with E-state index in [0.717, 1.165) is 50.7 Å². The van der Waals surface area contributed by atoms with Gasteiger partial charge in [0, 0.05) is 18.4 Å². The minimum atomic E-state index is 0.526. The first kappa shape index (κ1) is 11.2. The molecule has 2 aliphatic heterocycles. The summed E-state index contributed by atoms with van der Waals surface area (Å²) in [7, 11) is 0. The molecule has 4 heteroatoms. The van der Waals surface area contributed by atoms with Gasteiger partial charge in [-0.3, -0.25) is 0 Å². The van der Waals surface area contributed by atoms with E-state index in [0.29, 0.717) is 11.8 Å². The quantitative estimate of drug-likeness (QED) is 0.816. The number of hydrogen-bond acceptors (Lipinski definition) is 4. The highest BCUT2D eigenvalue weighted by atomic mass is 16.4. The van der Waals surface area contributed by atoms with E-state index >= 15 is 0 Å². The zero-order valence-corrected chi connectivity index (χ0v) is 10.5. The van der Waals surface area contributed by atoms with Crippen LogP contribution in [0.15, 0.2) is 4.42 Å². The molecule has 0 saturated carbocycles. The first-order chi connectivity index (χ1) is 8.34. The summed E-state index contributed by atoms with van der Waals surface area (Å²) >= 11 is 0. The van der Waals surface area contributed by atoms with Crippen molar-refractivity contribution in [3.63, 3.8) is 0 Å². The van der Waals surface area contributed by atoms with Gasteiger partial charge in [-0.05, 0) is 45.8 Å². The van der Waals surface area contributed by atoms with Crippen LogP contribution in [0.2, 0.25) is 0 Å². The lowest BCUT2D eigenvalue weighted by Gasteiger charge is -2.19. The number of aryl methyl sites for hydroxylation is 1. The smallest absolute Gasteiger partial charge is 0.197 e. The highest BCUT2D eigenvalue weighted by Gasteiger charge is 2.26. The standard InChI is InChI=1S/C13H21N3O/c1-9-12(11-4-7-15-8-11)16-13(17-9)10-2-5-14-6-3-10/h10-11,14-15H,2-8H2,1H3. The predicted octanol–water partition coefficient (Wildman–Crippen LogP) is 1.53. The normalized spacial score (nSPS) is 26.5. The molecule has 0 aromatic carbocycles. The van der Waals surface area contributed by atoms with Gasteiger partial charge >= 0.3 is 0 Å². The highest BCUT2D eigenvalue weighted by Crippen LogP contribution is 2.30. The van der Waals surface area contributed by atoms with E-state index in [4.69, 9.17) is 9.40 Å². The van der Waals surface area contributed by atoms with Gasteiger partial charge < -0.3 is 15.1 Å². The summed E-state index contributed by atoms with van der Waals surface area (Å²) in [6.45, 7) is 6.41. The molecular formula is C13H21N3O. The molecule has 2 aliphatic rings. The van der Waals surface area contributed by atoms with Gasteiger partial charge in [-0.2, -0.15) is 0 Å². The topological polar surface area (TPSA) is 50.1 Å². The number of aromatic nitrogens is 1. The molecule has 1 atom stereocenters. The Morgan fingerprint density at radius 1 is 1.06 bits per heavy atom. The molecule has 2 fully saturated rings. The Hall–Kier alpha value is -0.870. The van der Waals surface area contributed by atoms with Crippen LogP contribution in [0.4, 0.5) is 0 Å². The number of nitrogens with zero attached hydrogens (tertiary/aromatic N) is 1. The Kier molecular flexibility index (Phi) is 3.16. The number of piperidine rings is 1. The van der Waals surface area contributed by atoms with Crippen molar-refractivity contribution >= 4 is 0 Å². The molecule has 4 nitrogen and oxygen atoms in total. The van der Waals surface area contributed by atoms with Crippen molar-refractivity contribution < 1.29 is 4.42 Å². The molecule has 0 amide bonds. The average Bonchev–Trinajstić information content (AvgIpc) is 2.99. The highest BCUT2D eigenvalue weighted by molar-refractivity contribution is 5.17. The van der Waals surface area contributed by atoms with Gasteiger partial charge in [0.15, 0.2) is 5.89 Å². The Morgan fingerprint density at radius 2 is 1.76 bits per heavy atom. The summed E-state index contributed by atoms with van der Waals surface area (Å²) < 4.78 is 5.90. The molecule has 3 rings (SSSR count). The summed E-state index contributed by atoms with van der Waals surface area (Å²) in [6.07, 6.45) is 3.50. The van der Waals surface area contributed by atoms with Crippen LogP contribution in [0.5, 0.6) is 0 Å². The molecule has 0 bridgehead atoms. The van der Waals surface area contributed by atoms with Crippen LogP contribution in [0.3, 0.4) is 0 Å². The third-order valence-corrected chi connectivity index (χ3v) is 3.98. The molecule has 2 saturated heterocycles. The molecule has 3 heterocycles. The van der Waals surface area contributed by atoms with Gasteiger partial charge in [0.1, 0.15) is 5.76 Å². The first-order valence-corrected chi connectivity index (χ1v) is 6.73. The van der Waals surface area contributed by atoms with E-state index in [-0.39, 0.29) is 0 Å². The lowest BCUT2D eigenvalue weighted by molar-refractivity contribution is 0.366. The van der Waals surface area contributed by atoms with E-state index in [1.807, 2.05) is 0 Å². The SMILES string of the molecule is Cc1oc(C2CCNCC2)nc1C1CCNC1. The minimum absolute atomic E-state index is 0.526. The second kappa shape index (κ2) is 4.78. The summed E-state index contributed by atoms with van der Waals surface area (Å²) in [5.41, 5.74) is 1.20. The van der Waals surface area contributed by atoms with Gasteiger partial charge in [-0.1, -0.05) is 0 Å². The second-order valence-electron chi connectivity index (χ2n) is 5.21. The van der Waals surface area contributed by atoms with Crippen LogP contribution >= 0.6 is 0 Å². The molecular weight excluding hydrogens is 214 g/mol. The molecule has 1 unspecified atom stereocenters. The average molecular weight is 235 g/mol. The summed E-state index contributed by atoms with van der Waals surface area (Å²) in [6, 6.07) is 0. The Morgan fingerprint density at radius 3 is 2.47 bits per heavy atom. The van der Waals surface area contributed by atoms with Crippen LogP contribution in [0, 0.1) is 6.92 Å². The maximum absolute atomic E-state index is 5.90. The maximum Gasteiger partial charge on any atom is 0.197 e. The maximum atomic E-state index is 5.90. The molecule has 94 valence electrons. The molecule has 1 aromatic heterocycles. The molecule has 0 aliphatic carbocycles. The van der Waals surface area contributed by atoms with E-state index in [1.54, 1.807) is 0 Å². The number of oxazole rings is 1. The van der Waals surface area contributed by atoms with Gasteiger partial charge in [0.05, 0.1) is 5.69 Å². The summed E-state index contributed by atoms with van der Waals surface area (Å²) in [5.74, 6) is 3.10. The van der Waals surface area contributed by atoms with E-state index in [2.05, 4.69) is 17.6 Å². The number of nitrogens with one attached hydrogen (secondary N) is 2. The lowest BCUT2D eigenvalue weighted by atomic mass is 9.98. The fourth-order valence-electron chi connectivity index (χ4n) is 2.94. The Bertz CT molecular complexity index is 376. The zero-order valence-electron chi connectivity index (χ0n) is 10.5. The predicted molar refractivity (Wildman–Crippen MR) is 66.3 cm³/mol. The second-order valence-corrected chi connectivity index (χ2v) is 5.21. The number of rotatable bonds is 2. The van der Waals surface area contributed by atoms with Crippen LogP contribution in [-0.2, 0) is 0 Å². The Labute approximate surface area is 102 Å². The van der Waals surface area contributed by atoms with Crippen molar-refractivity contribution in [1.82, 2.24) is 15.6 Å². The van der Waals surface area contributed by atoms with Crippen LogP contribution in [0.25, 0.3) is 0 Å². The first-order valence-electron chi connectivity index (χ1n) is 6.73. The third kappa shape index (κ3) is 2.24. The summed E-state index contributed by atoms with van der Waals surface area (Å²) in [4.78, 5) is 4.78. The van der Waals surface area contributed by atoms with Crippen molar-refractivity contribution in [1.29, 1.82) is 0 Å². The fourth-order valence-corrected chi connectivity index (χ4v) is 2.94. The van der Waals surface area contributed by atoms with Crippen molar-refractivity contribution in [2.24, 2.45) is 0 Å². The van der Waals surface area contributed by atoms with E-state index < -0.39 is 0 Å². The monoisotopic (exact) mass is 235 g/mol. The molecule has 17 heavy (non-hydrogen) atoms. The largest absolute Gasteiger partial charge is 0.445 e. The molecule has 1 aromatic rings. The zero-order chi connectivity index (χ0) is 11.7. The van der Waals surface area contributed by atoms with Crippen LogP contribution in [0.1, 0.15) is 48.4 Å². The molecule has 0 radical (unpaired) electrons. The molecule has 0 spiro atoms. The van der Waals surface area contributed by atoms with Gasteiger partial charge in [-0.15, -0.1) is 0 Å². The van der Waals surface area contributed by atoms with Gasteiger partial charge in [0.2, 0.25) is 0 Å². The fraction of sp³-hybridized carbons (Fsp3) is 0.769. The van der Waals surface area contributed by atoms with E-state index in [9.17, 15) is 0 Å². The van der Waals surface area contributed by atoms with Crippen molar-refractivity contribution in [3.05, 3.63) is 17.3 Å². The van der Waals surface area contributed by atoms with Crippen LogP contribution in [-0.4, -0.2) is 31.2 Å². The molecule has 2 N–H and O–H groups in total. The third-order valence-electron chi connectivity index (χ3n) is 3.98. The minimum Gasteiger partial charge on any atom is -0.445 e. The Balaban J connectivity index is 1.79. The van der Waals surface area contributed by atoms with E-state index in [1.165, 1.54) is 12.1 Å². The lowest BCUT2D eigenvalue weighted by Crippen LogP contribution is -2.26. The van der Waals surface area contributed by atoms with Crippen molar-refractivity contribution in [2.75, 3.05) is 26.2 Å².